The average molecular weight is 361 g/mol. The maximum Gasteiger partial charge on any atom is 0.123 e. The lowest BCUT2D eigenvalue weighted by Crippen LogP contribution is -1.81. The van der Waals surface area contributed by atoms with Gasteiger partial charge in [0.1, 0.15) is 5.82 Å². The molecule has 0 aromatic heterocycles. The van der Waals surface area contributed by atoms with Crippen molar-refractivity contribution in [2.45, 2.75) is 73.1 Å². The Hall–Kier alpha value is -1.89. The molecule has 0 radical (unpaired) electrons. The summed E-state index contributed by atoms with van der Waals surface area (Å²) < 4.78 is 12.3. The van der Waals surface area contributed by atoms with Crippen molar-refractivity contribution < 1.29 is 4.39 Å². The van der Waals surface area contributed by atoms with Gasteiger partial charge in [0.25, 0.3) is 0 Å². The lowest BCUT2D eigenvalue weighted by atomic mass is 10.1. The first-order chi connectivity index (χ1) is 12.5. The second kappa shape index (κ2) is 25.4. The van der Waals surface area contributed by atoms with Crippen molar-refractivity contribution in [3.8, 4) is 0 Å². The molecule has 0 atom stereocenters. The molecule has 0 fully saturated rings. The molecule has 0 amide bonds. The van der Waals surface area contributed by atoms with Crippen LogP contribution < -0.4 is 0 Å². The summed E-state index contributed by atoms with van der Waals surface area (Å²) in [4.78, 5) is 0. The number of hydrogen-bond acceptors (Lipinski definition) is 0. The highest BCUT2D eigenvalue weighted by Gasteiger charge is 1.90. The maximum absolute atomic E-state index is 12.3. The van der Waals surface area contributed by atoms with E-state index in [1.54, 1.807) is 12.2 Å². The van der Waals surface area contributed by atoms with Crippen LogP contribution in [0.5, 0.6) is 0 Å². The third kappa shape index (κ3) is 24.4. The largest absolute Gasteiger partial charge is 0.207 e. The number of halogens is 1. The number of unbranched alkanes of at least 4 members (excludes halogenated alkanes) is 1. The smallest absolute Gasteiger partial charge is 0.123 e. The SMILES string of the molecule is C=C/C=C(\C=C)CCC.C=CC.CCCC.CCCc1ccc(F)cc1. The first-order valence-corrected chi connectivity index (χ1v) is 9.76. The summed E-state index contributed by atoms with van der Waals surface area (Å²) in [5, 5.41) is 0. The van der Waals surface area contributed by atoms with E-state index in [1.807, 2.05) is 31.2 Å². The number of aryl methyl sites for hydroxylation is 1. The fourth-order valence-electron chi connectivity index (χ4n) is 1.63. The zero-order valence-corrected chi connectivity index (χ0v) is 17.9. The fourth-order valence-corrected chi connectivity index (χ4v) is 1.63. The molecule has 0 unspecified atom stereocenters. The Morgan fingerprint density at radius 1 is 0.885 bits per heavy atom. The van der Waals surface area contributed by atoms with Gasteiger partial charge in [0.15, 0.2) is 0 Å². The van der Waals surface area contributed by atoms with E-state index in [1.165, 1.54) is 42.5 Å². The van der Waals surface area contributed by atoms with Crippen LogP contribution in [0.2, 0.25) is 0 Å². The first kappa shape index (κ1) is 28.9. The molecule has 0 N–H and O–H groups in total. The van der Waals surface area contributed by atoms with Gasteiger partial charge < -0.3 is 0 Å². The third-order valence-electron chi connectivity index (χ3n) is 3.08. The summed E-state index contributed by atoms with van der Waals surface area (Å²) in [5.74, 6) is -0.153. The van der Waals surface area contributed by atoms with Crippen molar-refractivity contribution in [2.24, 2.45) is 0 Å². The second-order valence-corrected chi connectivity index (χ2v) is 5.72. The number of hydrogen-bond donors (Lipinski definition) is 0. The molecule has 26 heavy (non-hydrogen) atoms. The van der Waals surface area contributed by atoms with Crippen molar-refractivity contribution in [3.05, 3.63) is 85.3 Å². The molecule has 1 aromatic rings. The molecule has 0 bridgehead atoms. The van der Waals surface area contributed by atoms with Gasteiger partial charge in [-0.2, -0.15) is 0 Å². The predicted molar refractivity (Wildman–Crippen MR) is 120 cm³/mol. The third-order valence-corrected chi connectivity index (χ3v) is 3.08. The summed E-state index contributed by atoms with van der Waals surface area (Å²) in [7, 11) is 0. The van der Waals surface area contributed by atoms with E-state index in [0.717, 1.165) is 19.3 Å². The Labute approximate surface area is 163 Å². The molecule has 0 aliphatic carbocycles. The molecule has 148 valence electrons. The van der Waals surface area contributed by atoms with E-state index in [2.05, 4.69) is 47.4 Å². The first-order valence-electron chi connectivity index (χ1n) is 9.76. The van der Waals surface area contributed by atoms with Gasteiger partial charge >= 0.3 is 0 Å². The standard InChI is InChI=1S/C9H11F.C9H14.C4H10.C3H6/c1-2-3-8-4-6-9(10)7-5-8;1-4-7-9(6-3)8-5-2;1-3-4-2;1-3-2/h4-7H,2-3H2,1H3;4,6-7H,1,3,5,8H2,2H3;3-4H2,1-2H3;3H,1H2,2H3/b;9-7+;;. The minimum atomic E-state index is -0.153. The Balaban J connectivity index is -0.000000303. The molecular formula is C25H41F. The van der Waals surface area contributed by atoms with Gasteiger partial charge in [-0.3, -0.25) is 0 Å². The van der Waals surface area contributed by atoms with E-state index in [4.69, 9.17) is 0 Å². The molecule has 0 aliphatic rings. The van der Waals surface area contributed by atoms with Crippen LogP contribution in [-0.2, 0) is 6.42 Å². The summed E-state index contributed by atoms with van der Waals surface area (Å²) >= 11 is 0. The molecule has 0 spiro atoms. The summed E-state index contributed by atoms with van der Waals surface area (Å²) in [6, 6.07) is 6.67. The minimum Gasteiger partial charge on any atom is -0.207 e. The van der Waals surface area contributed by atoms with Gasteiger partial charge in [-0.25, -0.2) is 4.39 Å². The van der Waals surface area contributed by atoms with Crippen LogP contribution >= 0.6 is 0 Å². The van der Waals surface area contributed by atoms with E-state index in [-0.39, 0.29) is 5.82 Å². The zero-order chi connectivity index (χ0) is 20.6. The zero-order valence-electron chi connectivity index (χ0n) is 17.9. The number of benzene rings is 1. The molecular weight excluding hydrogens is 319 g/mol. The minimum absolute atomic E-state index is 0.153. The van der Waals surface area contributed by atoms with E-state index in [9.17, 15) is 4.39 Å². The normalized spacial score (nSPS) is 9.23. The van der Waals surface area contributed by atoms with E-state index in [0.29, 0.717) is 0 Å². The summed E-state index contributed by atoms with van der Waals surface area (Å²) in [6.07, 6.45) is 14.5. The lowest BCUT2D eigenvalue weighted by molar-refractivity contribution is 0.627. The lowest BCUT2D eigenvalue weighted by Gasteiger charge is -1.95. The number of allylic oxidation sites excluding steroid dienone is 5. The topological polar surface area (TPSA) is 0 Å². The fraction of sp³-hybridized carbons (Fsp3) is 0.440. The van der Waals surface area contributed by atoms with E-state index >= 15 is 0 Å². The Morgan fingerprint density at radius 3 is 1.69 bits per heavy atom. The Bertz CT molecular complexity index is 450. The number of rotatable bonds is 7. The molecule has 1 aromatic carbocycles. The molecule has 1 rings (SSSR count). The van der Waals surface area contributed by atoms with Crippen molar-refractivity contribution >= 4 is 0 Å². The van der Waals surface area contributed by atoms with Crippen LogP contribution in [-0.4, -0.2) is 0 Å². The van der Waals surface area contributed by atoms with Crippen molar-refractivity contribution in [1.82, 2.24) is 0 Å². The van der Waals surface area contributed by atoms with Gasteiger partial charge in [0.05, 0.1) is 0 Å². The highest BCUT2D eigenvalue weighted by Crippen LogP contribution is 2.05. The molecule has 1 heteroatoms. The van der Waals surface area contributed by atoms with Gasteiger partial charge in [-0.15, -0.1) is 6.58 Å². The van der Waals surface area contributed by atoms with Crippen LogP contribution in [0.1, 0.15) is 72.3 Å². The van der Waals surface area contributed by atoms with Crippen LogP contribution in [0.3, 0.4) is 0 Å². The van der Waals surface area contributed by atoms with Crippen molar-refractivity contribution in [2.75, 3.05) is 0 Å². The van der Waals surface area contributed by atoms with Crippen LogP contribution in [0.15, 0.2) is 73.9 Å². The van der Waals surface area contributed by atoms with Crippen LogP contribution in [0.25, 0.3) is 0 Å². The molecule has 0 aliphatic heterocycles. The molecule has 0 saturated carbocycles. The van der Waals surface area contributed by atoms with Crippen LogP contribution in [0, 0.1) is 5.82 Å². The van der Waals surface area contributed by atoms with E-state index < -0.39 is 0 Å². The molecule has 0 nitrogen and oxygen atoms in total. The highest BCUT2D eigenvalue weighted by molar-refractivity contribution is 5.20. The van der Waals surface area contributed by atoms with Crippen molar-refractivity contribution in [3.63, 3.8) is 0 Å². The van der Waals surface area contributed by atoms with Crippen molar-refractivity contribution in [1.29, 1.82) is 0 Å². The van der Waals surface area contributed by atoms with Crippen LogP contribution in [0.4, 0.5) is 4.39 Å². The van der Waals surface area contributed by atoms with Gasteiger partial charge in [0, 0.05) is 0 Å². The molecule has 0 saturated heterocycles. The van der Waals surface area contributed by atoms with Gasteiger partial charge in [-0.05, 0) is 43.0 Å². The Kier molecular flexibility index (Phi) is 28.2. The maximum atomic E-state index is 12.3. The molecule has 0 heterocycles. The Morgan fingerprint density at radius 2 is 1.38 bits per heavy atom. The average Bonchev–Trinajstić information content (AvgIpc) is 2.65. The second-order valence-electron chi connectivity index (χ2n) is 5.72. The highest BCUT2D eigenvalue weighted by atomic mass is 19.1. The van der Waals surface area contributed by atoms with Gasteiger partial charge in [-0.1, -0.05) is 103 Å². The summed E-state index contributed by atoms with van der Waals surface area (Å²) in [6.45, 7) is 21.2. The summed E-state index contributed by atoms with van der Waals surface area (Å²) in [5.41, 5.74) is 2.48. The predicted octanol–water partition coefficient (Wildman–Crippen LogP) is 8.86. The monoisotopic (exact) mass is 360 g/mol. The quantitative estimate of drug-likeness (QED) is 0.336. The van der Waals surface area contributed by atoms with Gasteiger partial charge in [0.2, 0.25) is 0 Å².